The van der Waals surface area contributed by atoms with Gasteiger partial charge in [0.25, 0.3) is 0 Å². The molecular weight excluding hydrogens is 278 g/mol. The van der Waals surface area contributed by atoms with Crippen molar-refractivity contribution in [3.63, 3.8) is 0 Å². The monoisotopic (exact) mass is 293 g/mol. The summed E-state index contributed by atoms with van der Waals surface area (Å²) < 4.78 is 11.1. The van der Waals surface area contributed by atoms with Crippen molar-refractivity contribution in [3.8, 4) is 35.2 Å². The van der Waals surface area contributed by atoms with Crippen molar-refractivity contribution in [2.75, 3.05) is 13.2 Å². The first kappa shape index (κ1) is 14.0. The number of hydrogen-bond donors (Lipinski definition) is 1. The van der Waals surface area contributed by atoms with Gasteiger partial charge < -0.3 is 14.5 Å². The number of rotatable bonds is 5. The van der Waals surface area contributed by atoms with E-state index in [0.717, 1.165) is 16.9 Å². The van der Waals surface area contributed by atoms with Crippen molar-refractivity contribution in [3.05, 3.63) is 36.5 Å². The lowest BCUT2D eigenvalue weighted by Crippen LogP contribution is -1.99. The second-order valence-electron chi connectivity index (χ2n) is 4.55. The molecule has 0 aliphatic heterocycles. The zero-order valence-corrected chi connectivity index (χ0v) is 12.2. The molecular formula is C17H15N3O2. The second kappa shape index (κ2) is 6.19. The summed E-state index contributed by atoms with van der Waals surface area (Å²) >= 11 is 0. The summed E-state index contributed by atoms with van der Waals surface area (Å²) in [4.78, 5) is 11.9. The maximum Gasteiger partial charge on any atom is 0.178 e. The molecule has 1 aromatic carbocycles. The third-order valence-corrected chi connectivity index (χ3v) is 3.09. The van der Waals surface area contributed by atoms with Crippen LogP contribution in [0.5, 0.6) is 11.5 Å². The lowest BCUT2D eigenvalue weighted by molar-refractivity contribution is 0.299. The highest BCUT2D eigenvalue weighted by Gasteiger charge is 2.11. The minimum absolute atomic E-state index is 0.202. The summed E-state index contributed by atoms with van der Waals surface area (Å²) in [5.41, 5.74) is 2.47. The summed E-state index contributed by atoms with van der Waals surface area (Å²) in [7, 11) is 0. The number of hydrogen-bond acceptors (Lipinski definition) is 4. The second-order valence-corrected chi connectivity index (χ2v) is 4.55. The molecule has 5 heteroatoms. The molecule has 2 heterocycles. The largest absolute Gasteiger partial charge is 0.490 e. The van der Waals surface area contributed by atoms with Crippen molar-refractivity contribution in [1.29, 1.82) is 0 Å². The average molecular weight is 293 g/mol. The number of fused-ring (bicyclic) bond motifs is 1. The minimum Gasteiger partial charge on any atom is -0.490 e. The molecule has 0 amide bonds. The Bertz CT molecular complexity index is 800. The van der Waals surface area contributed by atoms with Gasteiger partial charge in [0.2, 0.25) is 0 Å². The molecule has 0 aliphatic carbocycles. The van der Waals surface area contributed by atoms with Crippen LogP contribution in [0.1, 0.15) is 6.92 Å². The number of aromatic amines is 1. The summed E-state index contributed by atoms with van der Waals surface area (Å²) in [6.07, 6.45) is 6.94. The summed E-state index contributed by atoms with van der Waals surface area (Å²) in [6.45, 7) is 2.66. The van der Waals surface area contributed by atoms with Crippen molar-refractivity contribution in [2.24, 2.45) is 0 Å². The molecule has 0 unspecified atom stereocenters. The third-order valence-electron chi connectivity index (χ3n) is 3.09. The lowest BCUT2D eigenvalue weighted by Gasteiger charge is -2.11. The van der Waals surface area contributed by atoms with Gasteiger partial charge in [-0.3, -0.25) is 0 Å². The molecule has 110 valence electrons. The van der Waals surface area contributed by atoms with Crippen molar-refractivity contribution in [1.82, 2.24) is 15.0 Å². The van der Waals surface area contributed by atoms with Crippen LogP contribution in [0.25, 0.3) is 22.6 Å². The standard InChI is InChI=1S/C17H15N3O2/c1-3-10-22-14-8-7-12(11-15(14)21-4-2)16-19-13-6-5-9-18-17(13)20-16/h1,5-9,11H,4,10H2,2H3,(H,18,19,20). The van der Waals surface area contributed by atoms with E-state index in [1.165, 1.54) is 0 Å². The van der Waals surface area contributed by atoms with Crippen molar-refractivity contribution in [2.45, 2.75) is 6.92 Å². The van der Waals surface area contributed by atoms with Crippen molar-refractivity contribution < 1.29 is 9.47 Å². The van der Waals surface area contributed by atoms with Crippen LogP contribution in [0.3, 0.4) is 0 Å². The first-order chi connectivity index (χ1) is 10.8. The van der Waals surface area contributed by atoms with E-state index in [0.29, 0.717) is 23.8 Å². The number of terminal acetylenes is 1. The van der Waals surface area contributed by atoms with E-state index in [9.17, 15) is 0 Å². The Labute approximate surface area is 128 Å². The molecule has 0 radical (unpaired) electrons. The highest BCUT2D eigenvalue weighted by molar-refractivity contribution is 5.76. The number of benzene rings is 1. The van der Waals surface area contributed by atoms with Crippen LogP contribution in [0.2, 0.25) is 0 Å². The highest BCUT2D eigenvalue weighted by atomic mass is 16.5. The molecule has 3 aromatic rings. The van der Waals surface area contributed by atoms with Crippen LogP contribution in [0, 0.1) is 12.3 Å². The smallest absolute Gasteiger partial charge is 0.178 e. The maximum absolute atomic E-state index is 5.62. The molecule has 5 nitrogen and oxygen atoms in total. The first-order valence-electron chi connectivity index (χ1n) is 6.96. The van der Waals surface area contributed by atoms with Gasteiger partial charge in [0.05, 0.1) is 12.1 Å². The van der Waals surface area contributed by atoms with Crippen LogP contribution >= 0.6 is 0 Å². The van der Waals surface area contributed by atoms with Crippen LogP contribution in [0.4, 0.5) is 0 Å². The number of imidazole rings is 1. The quantitative estimate of drug-likeness (QED) is 0.735. The number of ether oxygens (including phenoxy) is 2. The van der Waals surface area contributed by atoms with Gasteiger partial charge in [-0.05, 0) is 37.3 Å². The Kier molecular flexibility index (Phi) is 3.92. The van der Waals surface area contributed by atoms with Crippen LogP contribution in [-0.2, 0) is 0 Å². The van der Waals surface area contributed by atoms with Gasteiger partial charge in [-0.2, -0.15) is 0 Å². The molecule has 0 saturated heterocycles. The Morgan fingerprint density at radius 2 is 2.14 bits per heavy atom. The average Bonchev–Trinajstić information content (AvgIpc) is 2.98. The maximum atomic E-state index is 5.62. The highest BCUT2D eigenvalue weighted by Crippen LogP contribution is 2.32. The van der Waals surface area contributed by atoms with E-state index >= 15 is 0 Å². The Morgan fingerprint density at radius 1 is 1.23 bits per heavy atom. The van der Waals surface area contributed by atoms with Gasteiger partial charge in [-0.1, -0.05) is 5.92 Å². The van der Waals surface area contributed by atoms with E-state index in [-0.39, 0.29) is 6.61 Å². The minimum atomic E-state index is 0.202. The zero-order chi connectivity index (χ0) is 15.4. The van der Waals surface area contributed by atoms with Gasteiger partial charge in [-0.15, -0.1) is 6.42 Å². The van der Waals surface area contributed by atoms with Crippen LogP contribution in [0.15, 0.2) is 36.5 Å². The van der Waals surface area contributed by atoms with E-state index < -0.39 is 0 Å². The van der Waals surface area contributed by atoms with Crippen molar-refractivity contribution >= 4 is 11.2 Å². The first-order valence-corrected chi connectivity index (χ1v) is 6.96. The van der Waals surface area contributed by atoms with E-state index in [4.69, 9.17) is 15.9 Å². The van der Waals surface area contributed by atoms with Gasteiger partial charge in [0.1, 0.15) is 12.4 Å². The number of H-pyrrole nitrogens is 1. The van der Waals surface area contributed by atoms with Gasteiger partial charge in [0.15, 0.2) is 17.1 Å². The fraction of sp³-hybridized carbons (Fsp3) is 0.176. The summed E-state index contributed by atoms with van der Waals surface area (Å²) in [6, 6.07) is 9.43. The third kappa shape index (κ3) is 2.72. The molecule has 0 aliphatic rings. The molecule has 22 heavy (non-hydrogen) atoms. The van der Waals surface area contributed by atoms with E-state index in [1.54, 1.807) is 6.20 Å². The summed E-state index contributed by atoms with van der Waals surface area (Å²) in [5, 5.41) is 0. The fourth-order valence-electron chi connectivity index (χ4n) is 2.14. The van der Waals surface area contributed by atoms with Gasteiger partial charge >= 0.3 is 0 Å². The molecule has 0 atom stereocenters. The van der Waals surface area contributed by atoms with E-state index in [1.807, 2.05) is 37.3 Å². The molecule has 2 aromatic heterocycles. The van der Waals surface area contributed by atoms with Crippen LogP contribution < -0.4 is 9.47 Å². The molecule has 0 fully saturated rings. The molecule has 1 N–H and O–H groups in total. The fourth-order valence-corrected chi connectivity index (χ4v) is 2.14. The molecule has 0 spiro atoms. The Morgan fingerprint density at radius 3 is 2.91 bits per heavy atom. The Balaban J connectivity index is 1.99. The molecule has 0 saturated carbocycles. The van der Waals surface area contributed by atoms with Gasteiger partial charge in [0, 0.05) is 11.8 Å². The van der Waals surface area contributed by atoms with E-state index in [2.05, 4.69) is 20.9 Å². The lowest BCUT2D eigenvalue weighted by atomic mass is 10.2. The number of pyridine rings is 1. The summed E-state index contributed by atoms with van der Waals surface area (Å²) in [5.74, 6) is 4.44. The molecule has 0 bridgehead atoms. The Hall–Kier alpha value is -3.00. The predicted molar refractivity (Wildman–Crippen MR) is 84.8 cm³/mol. The number of nitrogens with zero attached hydrogens (tertiary/aromatic N) is 2. The SMILES string of the molecule is C#CCOc1ccc(-c2nc3ncccc3[nH]2)cc1OCC. The molecule has 3 rings (SSSR count). The zero-order valence-electron chi connectivity index (χ0n) is 12.2. The predicted octanol–water partition coefficient (Wildman–Crippen LogP) is 3.04. The van der Waals surface area contributed by atoms with Crippen LogP contribution in [-0.4, -0.2) is 28.2 Å². The number of nitrogens with one attached hydrogen (secondary N) is 1. The normalized spacial score (nSPS) is 10.4. The van der Waals surface area contributed by atoms with Gasteiger partial charge in [-0.25, -0.2) is 9.97 Å². The topological polar surface area (TPSA) is 60.0 Å². The number of aromatic nitrogens is 3.